The fourth-order valence-corrected chi connectivity index (χ4v) is 1.13. The maximum atomic E-state index is 8.85. The van der Waals surface area contributed by atoms with Gasteiger partial charge in [0, 0.05) is 0 Å². The molecule has 0 aromatic heterocycles. The fourth-order valence-electron chi connectivity index (χ4n) is 1.13. The minimum absolute atomic E-state index is 0.307. The summed E-state index contributed by atoms with van der Waals surface area (Å²) in [7, 11) is 1.45. The lowest BCUT2D eigenvalue weighted by Crippen LogP contribution is -1.96. The molecule has 13 heavy (non-hydrogen) atoms. The third-order valence-electron chi connectivity index (χ3n) is 1.80. The number of nitrogens with zero attached hydrogens (tertiary/aromatic N) is 1. The highest BCUT2D eigenvalue weighted by Crippen LogP contribution is 2.13. The monoisotopic (exact) mass is 177 g/mol. The fraction of sp³-hybridized carbons (Fsp3) is 0.300. The van der Waals surface area contributed by atoms with Crippen molar-refractivity contribution in [3.05, 3.63) is 34.9 Å². The van der Waals surface area contributed by atoms with E-state index in [0.29, 0.717) is 12.2 Å². The molecule has 0 fully saturated rings. The average molecular weight is 177 g/mol. The zero-order valence-electron chi connectivity index (χ0n) is 7.70. The van der Waals surface area contributed by atoms with E-state index in [1.54, 1.807) is 0 Å². The lowest BCUT2D eigenvalue weighted by atomic mass is 10.0. The van der Waals surface area contributed by atoms with Crippen molar-refractivity contribution < 1.29 is 9.78 Å². The highest BCUT2D eigenvalue weighted by Gasteiger charge is 2.04. The second kappa shape index (κ2) is 4.61. The molecule has 0 saturated heterocycles. The predicted molar refractivity (Wildman–Crippen MR) is 47.7 cm³/mol. The molecule has 0 amide bonds. The van der Waals surface area contributed by atoms with E-state index in [1.807, 2.05) is 25.1 Å². The molecule has 0 N–H and O–H groups in total. The molecule has 3 heteroatoms. The summed E-state index contributed by atoms with van der Waals surface area (Å²) >= 11 is 0. The van der Waals surface area contributed by atoms with Gasteiger partial charge in [0.2, 0.25) is 0 Å². The van der Waals surface area contributed by atoms with Crippen molar-refractivity contribution in [1.82, 2.24) is 0 Å². The quantitative estimate of drug-likeness (QED) is 0.523. The van der Waals surface area contributed by atoms with Crippen LogP contribution in [0.5, 0.6) is 0 Å². The van der Waals surface area contributed by atoms with Crippen molar-refractivity contribution in [3.8, 4) is 6.07 Å². The molecule has 0 aliphatic carbocycles. The Hall–Kier alpha value is -1.37. The summed E-state index contributed by atoms with van der Waals surface area (Å²) in [5, 5.41) is 8.85. The highest BCUT2D eigenvalue weighted by atomic mass is 17.2. The standard InChI is InChI=1S/C10H11NO2/c1-8-4-3-5-9(7-13-12-2)10(8)6-11/h3-5H,7H2,1-2H3. The van der Waals surface area contributed by atoms with Crippen molar-refractivity contribution in [1.29, 1.82) is 5.26 Å². The molecule has 1 aromatic rings. The van der Waals surface area contributed by atoms with E-state index in [4.69, 9.17) is 10.1 Å². The van der Waals surface area contributed by atoms with Gasteiger partial charge in [0.25, 0.3) is 0 Å². The molecule has 0 aliphatic rings. The lowest BCUT2D eigenvalue weighted by Gasteiger charge is -2.04. The van der Waals surface area contributed by atoms with Crippen molar-refractivity contribution in [2.24, 2.45) is 0 Å². The van der Waals surface area contributed by atoms with E-state index in [2.05, 4.69) is 11.0 Å². The molecular formula is C10H11NO2. The average Bonchev–Trinajstić information content (AvgIpc) is 2.15. The van der Waals surface area contributed by atoms with Crippen LogP contribution in [0, 0.1) is 18.3 Å². The van der Waals surface area contributed by atoms with E-state index >= 15 is 0 Å². The molecule has 0 radical (unpaired) electrons. The highest BCUT2D eigenvalue weighted by molar-refractivity contribution is 5.43. The van der Waals surface area contributed by atoms with Crippen LogP contribution >= 0.6 is 0 Å². The smallest absolute Gasteiger partial charge is 0.109 e. The molecule has 0 aliphatic heterocycles. The molecule has 0 saturated carbocycles. The molecule has 0 spiro atoms. The lowest BCUT2D eigenvalue weighted by molar-refractivity contribution is -0.282. The van der Waals surface area contributed by atoms with Gasteiger partial charge in [-0.25, -0.2) is 9.78 Å². The first-order chi connectivity index (χ1) is 6.29. The molecule has 1 rings (SSSR count). The topological polar surface area (TPSA) is 42.2 Å². The van der Waals surface area contributed by atoms with Crippen LogP contribution in [0.3, 0.4) is 0 Å². The summed E-state index contributed by atoms with van der Waals surface area (Å²) in [4.78, 5) is 9.24. The summed E-state index contributed by atoms with van der Waals surface area (Å²) in [6.45, 7) is 2.20. The summed E-state index contributed by atoms with van der Waals surface area (Å²) in [5.41, 5.74) is 2.48. The number of benzene rings is 1. The molecule has 0 unspecified atom stereocenters. The Kier molecular flexibility index (Phi) is 3.44. The first-order valence-corrected chi connectivity index (χ1v) is 3.93. The van der Waals surface area contributed by atoms with E-state index in [9.17, 15) is 0 Å². The Labute approximate surface area is 77.4 Å². The Morgan fingerprint density at radius 1 is 1.46 bits per heavy atom. The number of nitriles is 1. The summed E-state index contributed by atoms with van der Waals surface area (Å²) < 4.78 is 0. The number of hydrogen-bond acceptors (Lipinski definition) is 3. The normalized spacial score (nSPS) is 9.62. The van der Waals surface area contributed by atoms with Crippen molar-refractivity contribution in [3.63, 3.8) is 0 Å². The van der Waals surface area contributed by atoms with Gasteiger partial charge in [-0.1, -0.05) is 18.2 Å². The van der Waals surface area contributed by atoms with Gasteiger partial charge < -0.3 is 0 Å². The summed E-state index contributed by atoms with van der Waals surface area (Å²) in [6, 6.07) is 7.78. The van der Waals surface area contributed by atoms with Gasteiger partial charge in [0.15, 0.2) is 0 Å². The minimum atomic E-state index is 0.307. The number of aryl methyl sites for hydroxylation is 1. The summed E-state index contributed by atoms with van der Waals surface area (Å²) in [5.74, 6) is 0. The zero-order valence-corrected chi connectivity index (χ0v) is 7.70. The second-order valence-corrected chi connectivity index (χ2v) is 2.65. The molecule has 0 heterocycles. The van der Waals surface area contributed by atoms with Gasteiger partial charge in [0.05, 0.1) is 18.7 Å². The van der Waals surface area contributed by atoms with E-state index in [0.717, 1.165) is 11.1 Å². The van der Waals surface area contributed by atoms with Gasteiger partial charge in [-0.15, -0.1) is 0 Å². The van der Waals surface area contributed by atoms with Gasteiger partial charge in [-0.2, -0.15) is 5.26 Å². The van der Waals surface area contributed by atoms with Crippen molar-refractivity contribution in [2.75, 3.05) is 7.11 Å². The van der Waals surface area contributed by atoms with E-state index < -0.39 is 0 Å². The van der Waals surface area contributed by atoms with Gasteiger partial charge in [-0.3, -0.25) is 0 Å². The van der Waals surface area contributed by atoms with Gasteiger partial charge >= 0.3 is 0 Å². The number of rotatable bonds is 3. The van der Waals surface area contributed by atoms with Crippen LogP contribution < -0.4 is 0 Å². The van der Waals surface area contributed by atoms with Crippen LogP contribution in [0.25, 0.3) is 0 Å². The molecule has 0 bridgehead atoms. The molecule has 3 nitrogen and oxygen atoms in total. The molecule has 0 atom stereocenters. The Bertz CT molecular complexity index is 328. The van der Waals surface area contributed by atoms with Crippen LogP contribution in [-0.2, 0) is 16.4 Å². The summed E-state index contributed by atoms with van der Waals surface area (Å²) in [6.07, 6.45) is 0. The van der Waals surface area contributed by atoms with Crippen molar-refractivity contribution in [2.45, 2.75) is 13.5 Å². The zero-order chi connectivity index (χ0) is 9.68. The van der Waals surface area contributed by atoms with Crippen LogP contribution in [0.1, 0.15) is 16.7 Å². The van der Waals surface area contributed by atoms with Crippen LogP contribution in [0.2, 0.25) is 0 Å². The molecule has 1 aromatic carbocycles. The Balaban J connectivity index is 2.93. The van der Waals surface area contributed by atoms with Crippen LogP contribution in [0.15, 0.2) is 18.2 Å². The first kappa shape index (κ1) is 9.72. The Morgan fingerprint density at radius 3 is 2.85 bits per heavy atom. The third kappa shape index (κ3) is 2.28. The predicted octanol–water partition coefficient (Wildman–Crippen LogP) is 1.94. The number of hydrogen-bond donors (Lipinski definition) is 0. The maximum absolute atomic E-state index is 8.85. The third-order valence-corrected chi connectivity index (χ3v) is 1.80. The van der Waals surface area contributed by atoms with Gasteiger partial charge in [0.1, 0.15) is 6.61 Å². The second-order valence-electron chi connectivity index (χ2n) is 2.65. The first-order valence-electron chi connectivity index (χ1n) is 3.93. The maximum Gasteiger partial charge on any atom is 0.109 e. The van der Waals surface area contributed by atoms with Crippen LogP contribution in [0.4, 0.5) is 0 Å². The minimum Gasteiger partial charge on any atom is -0.240 e. The largest absolute Gasteiger partial charge is 0.240 e. The Morgan fingerprint density at radius 2 is 2.23 bits per heavy atom. The SMILES string of the molecule is COOCc1cccc(C)c1C#N. The van der Waals surface area contributed by atoms with E-state index in [1.165, 1.54) is 7.11 Å². The van der Waals surface area contributed by atoms with E-state index in [-0.39, 0.29) is 0 Å². The molecule has 68 valence electrons. The van der Waals surface area contributed by atoms with Crippen molar-refractivity contribution >= 4 is 0 Å². The van der Waals surface area contributed by atoms with Gasteiger partial charge in [-0.05, 0) is 18.1 Å². The van der Waals surface area contributed by atoms with Crippen LogP contribution in [-0.4, -0.2) is 7.11 Å². The molecular weight excluding hydrogens is 166 g/mol.